The molecule has 31 heavy (non-hydrogen) atoms. The van der Waals surface area contributed by atoms with Crippen LogP contribution < -0.4 is 14.4 Å². The Morgan fingerprint density at radius 1 is 1.10 bits per heavy atom. The normalized spacial score (nSPS) is 14.9. The minimum absolute atomic E-state index is 0.167. The number of carbonyl (C=O) groups is 2. The Morgan fingerprint density at radius 3 is 2.35 bits per heavy atom. The van der Waals surface area contributed by atoms with Gasteiger partial charge in [-0.1, -0.05) is 15.9 Å². The lowest BCUT2D eigenvalue weighted by Crippen LogP contribution is -2.35. The molecule has 1 heterocycles. The van der Waals surface area contributed by atoms with Crippen molar-refractivity contribution < 1.29 is 23.8 Å². The Labute approximate surface area is 201 Å². The average molecular weight is 570 g/mol. The zero-order valence-electron chi connectivity index (χ0n) is 16.8. The fraction of sp³-hybridized carbons (Fsp3) is 0.190. The van der Waals surface area contributed by atoms with Crippen LogP contribution in [0.2, 0.25) is 0 Å². The van der Waals surface area contributed by atoms with Gasteiger partial charge in [-0.3, -0.25) is 14.5 Å². The van der Waals surface area contributed by atoms with Crippen molar-refractivity contribution in [2.45, 2.75) is 0 Å². The van der Waals surface area contributed by atoms with E-state index in [0.717, 1.165) is 4.47 Å². The van der Waals surface area contributed by atoms with E-state index >= 15 is 0 Å². The number of esters is 1. The second kappa shape index (κ2) is 9.80. The summed E-state index contributed by atoms with van der Waals surface area (Å²) in [5.74, 6) is 0.278. The van der Waals surface area contributed by atoms with Crippen LogP contribution >= 0.6 is 44.1 Å². The van der Waals surface area contributed by atoms with E-state index in [2.05, 4.69) is 31.9 Å². The number of thiocarbonyl (C=S) groups is 1. The summed E-state index contributed by atoms with van der Waals surface area (Å²) in [4.78, 5) is 28.3. The van der Waals surface area contributed by atoms with Crippen LogP contribution in [0, 0.1) is 0 Å². The largest absolute Gasteiger partial charge is 0.497 e. The number of methoxy groups -OCH3 is 3. The van der Waals surface area contributed by atoms with Crippen molar-refractivity contribution in [3.63, 3.8) is 0 Å². The summed E-state index contributed by atoms with van der Waals surface area (Å²) in [5, 5.41) is 0.167. The maximum Gasteiger partial charge on any atom is 0.325 e. The number of hydrogen-bond acceptors (Lipinski definition) is 6. The molecule has 0 atom stereocenters. The average Bonchev–Trinajstić information content (AvgIpc) is 2.97. The molecule has 0 unspecified atom stereocenters. The second-order valence-corrected chi connectivity index (χ2v) is 8.46. The van der Waals surface area contributed by atoms with Gasteiger partial charge in [0, 0.05) is 10.0 Å². The number of hydrogen-bond donors (Lipinski definition) is 0. The fourth-order valence-electron chi connectivity index (χ4n) is 3.04. The van der Waals surface area contributed by atoms with Crippen molar-refractivity contribution in [2.75, 3.05) is 32.8 Å². The van der Waals surface area contributed by atoms with Gasteiger partial charge in [-0.05, 0) is 70.6 Å². The lowest BCUT2D eigenvalue weighted by atomic mass is 10.1. The number of carbonyl (C=O) groups excluding carboxylic acids is 2. The van der Waals surface area contributed by atoms with Gasteiger partial charge in [0.15, 0.2) is 5.11 Å². The Kier molecular flexibility index (Phi) is 7.34. The van der Waals surface area contributed by atoms with Crippen molar-refractivity contribution >= 4 is 72.8 Å². The van der Waals surface area contributed by atoms with Crippen LogP contribution in [-0.2, 0) is 14.3 Å². The molecule has 0 saturated carbocycles. The van der Waals surface area contributed by atoms with E-state index in [9.17, 15) is 9.59 Å². The molecule has 7 nitrogen and oxygen atoms in total. The molecule has 1 fully saturated rings. The highest BCUT2D eigenvalue weighted by atomic mass is 79.9. The molecule has 1 aliphatic rings. The first kappa shape index (κ1) is 23.2. The standard InChI is InChI=1S/C21H18Br2N2O5S/c1-28-15-6-4-14(5-7-15)25-20(27)17(24(21(25)31)11-18(26)29-2)9-12-8-13(22)10-16(23)19(12)30-3/h4-10H,11H2,1-3H3/b17-9-. The number of anilines is 1. The summed E-state index contributed by atoms with van der Waals surface area (Å²) in [6.45, 7) is -0.211. The first-order valence-corrected chi connectivity index (χ1v) is 10.9. The molecule has 1 saturated heterocycles. The minimum atomic E-state index is -0.528. The Hall–Kier alpha value is -2.43. The molecule has 0 bridgehead atoms. The van der Waals surface area contributed by atoms with E-state index in [1.165, 1.54) is 24.0 Å². The number of halogens is 2. The molecule has 0 spiro atoms. The van der Waals surface area contributed by atoms with E-state index < -0.39 is 5.97 Å². The quantitative estimate of drug-likeness (QED) is 0.290. The SMILES string of the molecule is COC(=O)CN1C(=S)N(c2ccc(OC)cc2)C(=O)/C1=C/c1cc(Br)cc(Br)c1OC. The Balaban J connectivity index is 2.12. The van der Waals surface area contributed by atoms with Crippen LogP contribution in [-0.4, -0.2) is 49.8 Å². The molecule has 162 valence electrons. The van der Waals surface area contributed by atoms with E-state index in [0.29, 0.717) is 27.2 Å². The van der Waals surface area contributed by atoms with Crippen molar-refractivity contribution in [1.29, 1.82) is 0 Å². The molecular weight excluding hydrogens is 552 g/mol. The molecular formula is C21H18Br2N2O5S. The highest BCUT2D eigenvalue weighted by Gasteiger charge is 2.40. The fourth-order valence-corrected chi connectivity index (χ4v) is 4.81. The summed E-state index contributed by atoms with van der Waals surface area (Å²) >= 11 is 12.5. The lowest BCUT2D eigenvalue weighted by molar-refractivity contribution is -0.140. The zero-order valence-corrected chi connectivity index (χ0v) is 20.8. The van der Waals surface area contributed by atoms with Gasteiger partial charge in [-0.2, -0.15) is 0 Å². The van der Waals surface area contributed by atoms with E-state index in [1.807, 2.05) is 6.07 Å². The minimum Gasteiger partial charge on any atom is -0.497 e. The number of ether oxygens (including phenoxy) is 3. The maximum absolute atomic E-state index is 13.4. The van der Waals surface area contributed by atoms with E-state index in [1.54, 1.807) is 43.5 Å². The van der Waals surface area contributed by atoms with Crippen LogP contribution in [0.25, 0.3) is 6.08 Å². The van der Waals surface area contributed by atoms with Gasteiger partial charge < -0.3 is 19.1 Å². The van der Waals surface area contributed by atoms with Gasteiger partial charge in [0.25, 0.3) is 5.91 Å². The first-order valence-electron chi connectivity index (χ1n) is 8.92. The lowest BCUT2D eigenvalue weighted by Gasteiger charge is -2.19. The summed E-state index contributed by atoms with van der Waals surface area (Å²) in [5.41, 5.74) is 1.40. The van der Waals surface area contributed by atoms with Crippen LogP contribution in [0.4, 0.5) is 5.69 Å². The smallest absolute Gasteiger partial charge is 0.325 e. The summed E-state index contributed by atoms with van der Waals surface area (Å²) < 4.78 is 16.9. The molecule has 1 amide bonds. The van der Waals surface area contributed by atoms with Gasteiger partial charge >= 0.3 is 5.97 Å². The number of amides is 1. The van der Waals surface area contributed by atoms with Crippen LogP contribution in [0.1, 0.15) is 5.56 Å². The molecule has 3 rings (SSSR count). The van der Waals surface area contributed by atoms with Crippen molar-refractivity contribution in [1.82, 2.24) is 4.90 Å². The Morgan fingerprint density at radius 2 is 1.77 bits per heavy atom. The molecule has 2 aromatic rings. The first-order chi connectivity index (χ1) is 14.8. The van der Waals surface area contributed by atoms with Crippen molar-refractivity contribution in [3.05, 3.63) is 56.6 Å². The Bertz CT molecular complexity index is 1070. The summed E-state index contributed by atoms with van der Waals surface area (Å²) in [6, 6.07) is 10.5. The molecule has 10 heteroatoms. The van der Waals surface area contributed by atoms with Crippen LogP contribution in [0.5, 0.6) is 11.5 Å². The number of nitrogens with zero attached hydrogens (tertiary/aromatic N) is 2. The number of rotatable bonds is 6. The topological polar surface area (TPSA) is 68.3 Å². The van der Waals surface area contributed by atoms with Crippen LogP contribution in [0.15, 0.2) is 51.0 Å². The zero-order chi connectivity index (χ0) is 22.7. The molecule has 0 aliphatic carbocycles. The third kappa shape index (κ3) is 4.76. The predicted molar refractivity (Wildman–Crippen MR) is 128 cm³/mol. The highest BCUT2D eigenvalue weighted by Crippen LogP contribution is 2.36. The second-order valence-electron chi connectivity index (χ2n) is 6.32. The molecule has 0 aromatic heterocycles. The van der Waals surface area contributed by atoms with E-state index in [-0.39, 0.29) is 23.3 Å². The highest BCUT2D eigenvalue weighted by molar-refractivity contribution is 9.11. The summed E-state index contributed by atoms with van der Waals surface area (Å²) in [6.07, 6.45) is 1.63. The van der Waals surface area contributed by atoms with Crippen molar-refractivity contribution in [2.24, 2.45) is 0 Å². The molecule has 0 N–H and O–H groups in total. The third-order valence-electron chi connectivity index (χ3n) is 4.51. The molecule has 0 radical (unpaired) electrons. The van der Waals surface area contributed by atoms with Gasteiger partial charge in [0.05, 0.1) is 31.5 Å². The summed E-state index contributed by atoms with van der Waals surface area (Å²) in [7, 11) is 4.37. The number of benzene rings is 2. The molecule has 2 aromatic carbocycles. The predicted octanol–water partition coefficient (Wildman–Crippen LogP) is 4.38. The van der Waals surface area contributed by atoms with Gasteiger partial charge in [0.1, 0.15) is 23.7 Å². The van der Waals surface area contributed by atoms with Crippen molar-refractivity contribution in [3.8, 4) is 11.5 Å². The monoisotopic (exact) mass is 568 g/mol. The van der Waals surface area contributed by atoms with E-state index in [4.69, 9.17) is 26.4 Å². The maximum atomic E-state index is 13.4. The third-order valence-corrected chi connectivity index (χ3v) is 5.96. The molecule has 1 aliphatic heterocycles. The van der Waals surface area contributed by atoms with Gasteiger partial charge in [-0.25, -0.2) is 0 Å². The van der Waals surface area contributed by atoms with Crippen LogP contribution in [0.3, 0.4) is 0 Å². The van der Waals surface area contributed by atoms with Gasteiger partial charge in [0.2, 0.25) is 0 Å². The van der Waals surface area contributed by atoms with Gasteiger partial charge in [-0.15, -0.1) is 0 Å².